The average molecular weight is 279 g/mol. The standard InChI is InChI=1S/C16H25NO3/c1-10(2)13(17-14(11(3)4)16(19)20)15(18)12-8-6-5-7-9-12/h5-11,13-15,17-18H,1-4H3,(H,19,20). The lowest BCUT2D eigenvalue weighted by atomic mass is 9.91. The SMILES string of the molecule is CC(C)C(NC(C(C)C)C(O)c1ccccc1)C(=O)O. The van der Waals surface area contributed by atoms with E-state index in [-0.39, 0.29) is 17.9 Å². The third-order valence-electron chi connectivity index (χ3n) is 3.50. The second-order valence-electron chi connectivity index (χ2n) is 5.85. The second kappa shape index (κ2) is 7.41. The molecule has 20 heavy (non-hydrogen) atoms. The molecule has 1 aromatic rings. The van der Waals surface area contributed by atoms with E-state index in [1.807, 2.05) is 58.0 Å². The lowest BCUT2D eigenvalue weighted by Gasteiger charge is -2.32. The molecule has 3 unspecified atom stereocenters. The Hall–Kier alpha value is -1.39. The maximum atomic E-state index is 11.3. The molecule has 4 heteroatoms. The summed E-state index contributed by atoms with van der Waals surface area (Å²) < 4.78 is 0. The summed E-state index contributed by atoms with van der Waals surface area (Å²) in [6, 6.07) is 8.36. The van der Waals surface area contributed by atoms with Crippen LogP contribution in [0.3, 0.4) is 0 Å². The van der Waals surface area contributed by atoms with Gasteiger partial charge in [0.2, 0.25) is 0 Å². The Balaban J connectivity index is 2.92. The van der Waals surface area contributed by atoms with Gasteiger partial charge in [0.25, 0.3) is 0 Å². The molecule has 0 heterocycles. The largest absolute Gasteiger partial charge is 0.480 e. The topological polar surface area (TPSA) is 69.6 Å². The van der Waals surface area contributed by atoms with Crippen LogP contribution in [0.25, 0.3) is 0 Å². The highest BCUT2D eigenvalue weighted by molar-refractivity contribution is 5.73. The van der Waals surface area contributed by atoms with Crippen LogP contribution in [0.2, 0.25) is 0 Å². The lowest BCUT2D eigenvalue weighted by molar-refractivity contribution is -0.141. The van der Waals surface area contributed by atoms with Gasteiger partial charge >= 0.3 is 5.97 Å². The molecule has 0 radical (unpaired) electrons. The summed E-state index contributed by atoms with van der Waals surface area (Å²) in [5, 5.41) is 22.9. The third kappa shape index (κ3) is 4.32. The predicted octanol–water partition coefficient (Wildman–Crippen LogP) is 2.44. The van der Waals surface area contributed by atoms with Crippen LogP contribution in [-0.2, 0) is 4.79 Å². The molecular weight excluding hydrogens is 254 g/mol. The summed E-state index contributed by atoms with van der Waals surface area (Å²) >= 11 is 0. The molecule has 0 aliphatic rings. The van der Waals surface area contributed by atoms with Gasteiger partial charge in [-0.25, -0.2) is 0 Å². The predicted molar refractivity (Wildman–Crippen MR) is 79.4 cm³/mol. The van der Waals surface area contributed by atoms with Crippen molar-refractivity contribution in [2.45, 2.75) is 45.9 Å². The van der Waals surface area contributed by atoms with E-state index in [2.05, 4.69) is 5.32 Å². The number of carboxylic acid groups (broad SMARTS) is 1. The Bertz CT molecular complexity index is 417. The van der Waals surface area contributed by atoms with Gasteiger partial charge in [0.05, 0.1) is 6.10 Å². The highest BCUT2D eigenvalue weighted by Crippen LogP contribution is 2.23. The van der Waals surface area contributed by atoms with Crippen LogP contribution >= 0.6 is 0 Å². The van der Waals surface area contributed by atoms with Crippen LogP contribution < -0.4 is 5.32 Å². The number of hydrogen-bond donors (Lipinski definition) is 3. The Morgan fingerprint density at radius 3 is 2.00 bits per heavy atom. The number of carbonyl (C=O) groups is 1. The molecular formula is C16H25NO3. The van der Waals surface area contributed by atoms with Gasteiger partial charge in [-0.1, -0.05) is 58.0 Å². The van der Waals surface area contributed by atoms with Crippen LogP contribution in [-0.4, -0.2) is 28.3 Å². The van der Waals surface area contributed by atoms with Crippen molar-refractivity contribution in [3.8, 4) is 0 Å². The molecule has 112 valence electrons. The first kappa shape index (κ1) is 16.7. The minimum absolute atomic E-state index is 0.0447. The average Bonchev–Trinajstić information content (AvgIpc) is 2.38. The van der Waals surface area contributed by atoms with Crippen molar-refractivity contribution in [1.82, 2.24) is 5.32 Å². The molecule has 0 saturated carbocycles. The minimum Gasteiger partial charge on any atom is -0.480 e. The number of nitrogens with one attached hydrogen (secondary N) is 1. The van der Waals surface area contributed by atoms with Crippen LogP contribution in [0.1, 0.15) is 39.4 Å². The summed E-state index contributed by atoms with van der Waals surface area (Å²) in [6.07, 6.45) is -0.725. The smallest absolute Gasteiger partial charge is 0.320 e. The number of rotatable bonds is 7. The van der Waals surface area contributed by atoms with Crippen molar-refractivity contribution in [1.29, 1.82) is 0 Å². The zero-order valence-corrected chi connectivity index (χ0v) is 12.6. The molecule has 0 fully saturated rings. The second-order valence-corrected chi connectivity index (χ2v) is 5.85. The summed E-state index contributed by atoms with van der Waals surface area (Å²) in [7, 11) is 0. The van der Waals surface area contributed by atoms with Crippen LogP contribution in [0.4, 0.5) is 0 Å². The Morgan fingerprint density at radius 2 is 1.60 bits per heavy atom. The first-order valence-corrected chi connectivity index (χ1v) is 7.06. The van der Waals surface area contributed by atoms with Gasteiger partial charge < -0.3 is 10.2 Å². The fraction of sp³-hybridized carbons (Fsp3) is 0.562. The van der Waals surface area contributed by atoms with Crippen LogP contribution in [0, 0.1) is 11.8 Å². The molecule has 4 nitrogen and oxygen atoms in total. The Labute approximate surface area is 120 Å². The molecule has 0 saturated heterocycles. The van der Waals surface area contributed by atoms with Crippen molar-refractivity contribution in [3.05, 3.63) is 35.9 Å². The van der Waals surface area contributed by atoms with E-state index in [1.54, 1.807) is 0 Å². The fourth-order valence-electron chi connectivity index (χ4n) is 2.26. The van der Waals surface area contributed by atoms with Gasteiger partial charge in [0.15, 0.2) is 0 Å². The fourth-order valence-corrected chi connectivity index (χ4v) is 2.26. The zero-order valence-electron chi connectivity index (χ0n) is 12.6. The van der Waals surface area contributed by atoms with Crippen molar-refractivity contribution in [2.75, 3.05) is 0 Å². The molecule has 0 aromatic heterocycles. The highest BCUT2D eigenvalue weighted by atomic mass is 16.4. The van der Waals surface area contributed by atoms with E-state index >= 15 is 0 Å². The summed E-state index contributed by atoms with van der Waals surface area (Å²) in [6.45, 7) is 7.67. The molecule has 0 bridgehead atoms. The first-order valence-electron chi connectivity index (χ1n) is 7.06. The Kier molecular flexibility index (Phi) is 6.17. The first-order chi connectivity index (χ1) is 9.34. The van der Waals surface area contributed by atoms with Crippen LogP contribution in [0.5, 0.6) is 0 Å². The molecule has 3 atom stereocenters. The number of aliphatic hydroxyl groups excluding tert-OH is 1. The third-order valence-corrected chi connectivity index (χ3v) is 3.50. The quantitative estimate of drug-likeness (QED) is 0.717. The van der Waals surface area contributed by atoms with Gasteiger partial charge in [0.1, 0.15) is 6.04 Å². The number of aliphatic hydroxyl groups is 1. The van der Waals surface area contributed by atoms with Gasteiger partial charge in [-0.2, -0.15) is 0 Å². The van der Waals surface area contributed by atoms with Crippen LogP contribution in [0.15, 0.2) is 30.3 Å². The maximum Gasteiger partial charge on any atom is 0.320 e. The minimum atomic E-state index is -0.883. The number of carboxylic acids is 1. The maximum absolute atomic E-state index is 11.3. The van der Waals surface area contributed by atoms with Gasteiger partial charge in [0, 0.05) is 6.04 Å². The van der Waals surface area contributed by atoms with Crippen molar-refractivity contribution in [2.24, 2.45) is 11.8 Å². The van der Waals surface area contributed by atoms with E-state index in [4.69, 9.17) is 0 Å². The normalized spacial score (nSPS) is 16.1. The number of benzene rings is 1. The van der Waals surface area contributed by atoms with Crippen molar-refractivity contribution >= 4 is 5.97 Å². The van der Waals surface area contributed by atoms with Crippen molar-refractivity contribution < 1.29 is 15.0 Å². The monoisotopic (exact) mass is 279 g/mol. The molecule has 3 N–H and O–H groups in total. The lowest BCUT2D eigenvalue weighted by Crippen LogP contribution is -2.50. The van der Waals surface area contributed by atoms with Crippen molar-refractivity contribution in [3.63, 3.8) is 0 Å². The highest BCUT2D eigenvalue weighted by Gasteiger charge is 2.30. The molecule has 0 aliphatic carbocycles. The Morgan fingerprint density at radius 1 is 1.05 bits per heavy atom. The van der Waals surface area contributed by atoms with Gasteiger partial charge in [-0.3, -0.25) is 10.1 Å². The summed E-state index contributed by atoms with van der Waals surface area (Å²) in [5.74, 6) is -0.812. The zero-order chi connectivity index (χ0) is 15.3. The van der Waals surface area contributed by atoms with E-state index in [0.29, 0.717) is 0 Å². The van der Waals surface area contributed by atoms with E-state index in [0.717, 1.165) is 5.56 Å². The summed E-state index contributed by atoms with van der Waals surface area (Å²) in [4.78, 5) is 11.3. The number of aliphatic carboxylic acids is 1. The van der Waals surface area contributed by atoms with E-state index < -0.39 is 18.1 Å². The van der Waals surface area contributed by atoms with Gasteiger partial charge in [-0.15, -0.1) is 0 Å². The van der Waals surface area contributed by atoms with E-state index in [9.17, 15) is 15.0 Å². The van der Waals surface area contributed by atoms with Gasteiger partial charge in [-0.05, 0) is 17.4 Å². The molecule has 1 aromatic carbocycles. The summed E-state index contributed by atoms with van der Waals surface area (Å²) in [5.41, 5.74) is 0.798. The number of hydrogen-bond acceptors (Lipinski definition) is 3. The molecule has 0 aliphatic heterocycles. The molecule has 0 amide bonds. The van der Waals surface area contributed by atoms with E-state index in [1.165, 1.54) is 0 Å². The molecule has 0 spiro atoms. The molecule has 1 rings (SSSR count).